The Morgan fingerprint density at radius 1 is 1.27 bits per heavy atom. The number of halogens is 7. The van der Waals surface area contributed by atoms with Gasteiger partial charge in [0.1, 0.15) is 12.0 Å². The number of nitrogens with zero attached hydrogens (tertiary/aromatic N) is 2. The molecular formula is C16H11F7N2O. The highest BCUT2D eigenvalue weighted by molar-refractivity contribution is 5.43. The minimum Gasteiger partial charge on any atom is -0.382 e. The molecule has 0 saturated heterocycles. The Hall–Kier alpha value is -2.28. The van der Waals surface area contributed by atoms with Gasteiger partial charge in [-0.05, 0) is 12.5 Å². The molecule has 140 valence electrons. The second kappa shape index (κ2) is 5.61. The zero-order valence-corrected chi connectivity index (χ0v) is 12.9. The summed E-state index contributed by atoms with van der Waals surface area (Å²) in [5, 5.41) is 18.8. The first-order valence-electron chi connectivity index (χ1n) is 7.45. The van der Waals surface area contributed by atoms with Gasteiger partial charge in [-0.15, -0.1) is 0 Å². The van der Waals surface area contributed by atoms with Crippen molar-refractivity contribution in [1.29, 1.82) is 5.26 Å². The van der Waals surface area contributed by atoms with Gasteiger partial charge in [-0.3, -0.25) is 0 Å². The fraction of sp³-hybridized carbons (Fsp3) is 0.438. The Balaban J connectivity index is 2.31. The number of allylic oxidation sites excluding steroid dienone is 4. The fourth-order valence-corrected chi connectivity index (χ4v) is 3.31. The largest absolute Gasteiger partial charge is 0.418 e. The lowest BCUT2D eigenvalue weighted by atomic mass is 9.87. The van der Waals surface area contributed by atoms with E-state index in [9.17, 15) is 31.4 Å². The van der Waals surface area contributed by atoms with E-state index in [1.54, 1.807) is 0 Å². The molecule has 0 radical (unpaired) electrons. The van der Waals surface area contributed by atoms with Crippen molar-refractivity contribution in [3.05, 3.63) is 47.1 Å². The van der Waals surface area contributed by atoms with E-state index in [1.165, 1.54) is 6.07 Å². The maximum absolute atomic E-state index is 15.5. The van der Waals surface area contributed by atoms with Crippen molar-refractivity contribution in [2.45, 2.75) is 36.8 Å². The summed E-state index contributed by atoms with van der Waals surface area (Å²) >= 11 is 0. The number of fused-ring (bicyclic) bond motifs is 1. The van der Waals surface area contributed by atoms with Crippen LogP contribution in [0.4, 0.5) is 30.7 Å². The zero-order valence-electron chi connectivity index (χ0n) is 12.9. The zero-order chi connectivity index (χ0) is 19.5. The van der Waals surface area contributed by atoms with Crippen molar-refractivity contribution < 1.29 is 35.8 Å². The van der Waals surface area contributed by atoms with E-state index < -0.39 is 65.4 Å². The van der Waals surface area contributed by atoms with Gasteiger partial charge in [0.15, 0.2) is 5.83 Å². The highest BCUT2D eigenvalue weighted by atomic mass is 19.4. The molecule has 0 spiro atoms. The molecule has 0 fully saturated rings. The van der Waals surface area contributed by atoms with E-state index in [2.05, 4.69) is 0 Å². The number of aromatic nitrogens is 1. The van der Waals surface area contributed by atoms with Crippen LogP contribution >= 0.6 is 0 Å². The number of nitriles is 1. The fourth-order valence-electron chi connectivity index (χ4n) is 3.31. The summed E-state index contributed by atoms with van der Waals surface area (Å²) in [6, 6.07) is 1.45. The van der Waals surface area contributed by atoms with Gasteiger partial charge in [-0.1, -0.05) is 12.2 Å². The van der Waals surface area contributed by atoms with Crippen molar-refractivity contribution in [2.75, 3.05) is 0 Å². The van der Waals surface area contributed by atoms with Gasteiger partial charge in [0.05, 0.1) is 11.6 Å². The van der Waals surface area contributed by atoms with Crippen LogP contribution in [-0.4, -0.2) is 15.6 Å². The molecule has 0 saturated carbocycles. The number of hydrogen-bond donors (Lipinski definition) is 1. The molecule has 3 rings (SSSR count). The summed E-state index contributed by atoms with van der Waals surface area (Å²) in [5.41, 5.74) is -3.49. The SMILES string of the molecule is N#CC1C=CC=C(F)C1(F)n1cc(C(F)(F)F)c2c1CCC(F)(F)C2O. The van der Waals surface area contributed by atoms with Crippen LogP contribution in [0.25, 0.3) is 0 Å². The molecule has 0 bridgehead atoms. The van der Waals surface area contributed by atoms with E-state index in [0.717, 1.165) is 12.2 Å². The van der Waals surface area contributed by atoms with Crippen molar-refractivity contribution in [3.8, 4) is 6.07 Å². The third-order valence-electron chi connectivity index (χ3n) is 4.61. The lowest BCUT2D eigenvalue weighted by molar-refractivity contribution is -0.147. The first kappa shape index (κ1) is 18.5. The lowest BCUT2D eigenvalue weighted by Gasteiger charge is -2.34. The Bertz CT molecular complexity index is 846. The molecule has 26 heavy (non-hydrogen) atoms. The average Bonchev–Trinajstić information content (AvgIpc) is 2.94. The van der Waals surface area contributed by atoms with Gasteiger partial charge in [0.25, 0.3) is 11.7 Å². The van der Waals surface area contributed by atoms with Gasteiger partial charge in [-0.25, -0.2) is 17.6 Å². The summed E-state index contributed by atoms with van der Waals surface area (Å²) in [6.45, 7) is 0. The second-order valence-corrected chi connectivity index (χ2v) is 6.11. The summed E-state index contributed by atoms with van der Waals surface area (Å²) < 4.78 is 97.3. The van der Waals surface area contributed by atoms with Crippen LogP contribution in [0.5, 0.6) is 0 Å². The predicted octanol–water partition coefficient (Wildman–Crippen LogP) is 4.31. The second-order valence-electron chi connectivity index (χ2n) is 6.11. The molecule has 3 nitrogen and oxygen atoms in total. The molecular weight excluding hydrogens is 369 g/mol. The van der Waals surface area contributed by atoms with E-state index >= 15 is 4.39 Å². The Kier molecular flexibility index (Phi) is 3.99. The molecule has 1 aromatic heterocycles. The Morgan fingerprint density at radius 3 is 2.50 bits per heavy atom. The van der Waals surface area contributed by atoms with Crippen molar-refractivity contribution in [1.82, 2.24) is 4.57 Å². The van der Waals surface area contributed by atoms with Crippen molar-refractivity contribution in [2.24, 2.45) is 5.92 Å². The Morgan fingerprint density at radius 2 is 1.92 bits per heavy atom. The molecule has 1 aromatic rings. The summed E-state index contributed by atoms with van der Waals surface area (Å²) in [4.78, 5) is 0. The number of aliphatic hydroxyl groups is 1. The maximum atomic E-state index is 15.5. The first-order valence-corrected chi connectivity index (χ1v) is 7.45. The van der Waals surface area contributed by atoms with Crippen LogP contribution < -0.4 is 0 Å². The highest BCUT2D eigenvalue weighted by Crippen LogP contribution is 2.51. The molecule has 0 amide bonds. The molecule has 2 aliphatic carbocycles. The molecule has 3 unspecified atom stereocenters. The van der Waals surface area contributed by atoms with Gasteiger partial charge >= 0.3 is 6.18 Å². The smallest absolute Gasteiger partial charge is 0.382 e. The van der Waals surface area contributed by atoms with Gasteiger partial charge in [0, 0.05) is 23.9 Å². The summed E-state index contributed by atoms with van der Waals surface area (Å²) in [7, 11) is 0. The van der Waals surface area contributed by atoms with Crippen LogP contribution in [0, 0.1) is 17.2 Å². The minimum absolute atomic E-state index is 0.145. The van der Waals surface area contributed by atoms with Crippen LogP contribution in [-0.2, 0) is 18.4 Å². The molecule has 1 heterocycles. The monoisotopic (exact) mass is 380 g/mol. The predicted molar refractivity (Wildman–Crippen MR) is 74.2 cm³/mol. The van der Waals surface area contributed by atoms with E-state index in [0.29, 0.717) is 6.08 Å². The van der Waals surface area contributed by atoms with Crippen LogP contribution in [0.1, 0.15) is 29.3 Å². The van der Waals surface area contributed by atoms with Crippen LogP contribution in [0.3, 0.4) is 0 Å². The van der Waals surface area contributed by atoms with Gasteiger partial charge < -0.3 is 9.67 Å². The molecule has 10 heteroatoms. The third kappa shape index (κ3) is 2.45. The molecule has 0 aliphatic heterocycles. The maximum Gasteiger partial charge on any atom is 0.418 e. The number of rotatable bonds is 1. The average molecular weight is 380 g/mol. The molecule has 0 aromatic carbocycles. The topological polar surface area (TPSA) is 49.0 Å². The third-order valence-corrected chi connectivity index (χ3v) is 4.61. The highest BCUT2D eigenvalue weighted by Gasteiger charge is 2.54. The van der Waals surface area contributed by atoms with Crippen LogP contribution in [0.15, 0.2) is 30.3 Å². The summed E-state index contributed by atoms with van der Waals surface area (Å²) in [6.07, 6.45) is -7.01. The standard InChI is InChI=1S/C16H11F7N2O/c17-11-3-1-2-8(6-24)15(11,20)25-7-9(16(21,22)23)12-10(25)4-5-14(18,19)13(12)26/h1-3,7-8,13,26H,4-5H2. The van der Waals surface area contributed by atoms with Crippen LogP contribution in [0.2, 0.25) is 0 Å². The molecule has 3 atom stereocenters. The number of hydrogen-bond acceptors (Lipinski definition) is 2. The quantitative estimate of drug-likeness (QED) is 0.739. The minimum atomic E-state index is -5.19. The lowest BCUT2D eigenvalue weighted by Crippen LogP contribution is -2.40. The molecule has 1 N–H and O–H groups in total. The van der Waals surface area contributed by atoms with Crippen molar-refractivity contribution >= 4 is 0 Å². The van der Waals surface area contributed by atoms with E-state index in [-0.39, 0.29) is 10.8 Å². The first-order chi connectivity index (χ1) is 11.9. The Labute approximate surface area is 142 Å². The van der Waals surface area contributed by atoms with Gasteiger partial charge in [0.2, 0.25) is 0 Å². The normalized spacial score (nSPS) is 30.5. The van der Waals surface area contributed by atoms with Crippen molar-refractivity contribution in [3.63, 3.8) is 0 Å². The molecule has 2 aliphatic rings. The number of aliphatic hydroxyl groups excluding tert-OH is 1. The number of alkyl halides is 6. The van der Waals surface area contributed by atoms with E-state index in [4.69, 9.17) is 5.26 Å². The van der Waals surface area contributed by atoms with Gasteiger partial charge in [-0.2, -0.15) is 18.4 Å². The summed E-state index contributed by atoms with van der Waals surface area (Å²) in [5.74, 6) is -10.5. The van der Waals surface area contributed by atoms with E-state index in [1.807, 2.05) is 0 Å².